The van der Waals surface area contributed by atoms with Crippen LogP contribution in [0.15, 0.2) is 30.9 Å². The van der Waals surface area contributed by atoms with Gasteiger partial charge >= 0.3 is 24.0 Å². The van der Waals surface area contributed by atoms with Gasteiger partial charge in [-0.3, -0.25) is 19.3 Å². The number of carbonyl (C=O) groups excluding carboxylic acids is 4. The van der Waals surface area contributed by atoms with Crippen molar-refractivity contribution in [3.8, 4) is 5.75 Å². The maximum Gasteiger partial charge on any atom is 0.416 e. The highest BCUT2D eigenvalue weighted by molar-refractivity contribution is 6.45. The standard InChI is InChI=1S/C18H18F3N3O5/c1-3-7-23-15(26)16(27)24(17(23)28)10-14(25)22-12-9-11(18(19,20)21)5-6-13(12)29-8-4-2/h3,5-6,9H,1,4,7-8,10H2,2H3,(H,22,25). The molecule has 11 heteroatoms. The predicted molar refractivity (Wildman–Crippen MR) is 94.9 cm³/mol. The van der Waals surface area contributed by atoms with Gasteiger partial charge in [0.15, 0.2) is 0 Å². The van der Waals surface area contributed by atoms with Gasteiger partial charge in [-0.1, -0.05) is 13.0 Å². The summed E-state index contributed by atoms with van der Waals surface area (Å²) < 4.78 is 44.3. The van der Waals surface area contributed by atoms with E-state index in [1.54, 1.807) is 6.92 Å². The molecule has 156 valence electrons. The van der Waals surface area contributed by atoms with Crippen LogP contribution in [0.5, 0.6) is 5.75 Å². The van der Waals surface area contributed by atoms with Crippen LogP contribution in [0.4, 0.5) is 23.7 Å². The number of nitrogens with zero attached hydrogens (tertiary/aromatic N) is 2. The number of rotatable bonds is 8. The minimum Gasteiger partial charge on any atom is -0.491 e. The SMILES string of the molecule is C=CCN1C(=O)C(=O)N(CC(=O)Nc2cc(C(F)(F)F)ccc2OCCC)C1=O. The van der Waals surface area contributed by atoms with E-state index in [9.17, 15) is 32.3 Å². The van der Waals surface area contributed by atoms with E-state index in [1.807, 2.05) is 0 Å². The molecule has 0 aliphatic carbocycles. The molecule has 2 rings (SSSR count). The van der Waals surface area contributed by atoms with Gasteiger partial charge in [0, 0.05) is 6.54 Å². The first kappa shape index (κ1) is 21.9. The topological polar surface area (TPSA) is 96.0 Å². The highest BCUT2D eigenvalue weighted by Gasteiger charge is 2.44. The molecule has 1 aliphatic heterocycles. The van der Waals surface area contributed by atoms with Crippen LogP contribution in [0.25, 0.3) is 0 Å². The number of urea groups is 1. The summed E-state index contributed by atoms with van der Waals surface area (Å²) in [6, 6.07) is 1.54. The lowest BCUT2D eigenvalue weighted by atomic mass is 10.1. The molecule has 0 radical (unpaired) electrons. The lowest BCUT2D eigenvalue weighted by Crippen LogP contribution is -2.39. The molecule has 29 heavy (non-hydrogen) atoms. The molecule has 0 aromatic heterocycles. The van der Waals surface area contributed by atoms with Crippen molar-refractivity contribution in [2.75, 3.05) is 25.0 Å². The fourth-order valence-corrected chi connectivity index (χ4v) is 2.46. The Bertz CT molecular complexity index is 854. The summed E-state index contributed by atoms with van der Waals surface area (Å²) in [7, 11) is 0. The van der Waals surface area contributed by atoms with Gasteiger partial charge in [0.05, 0.1) is 17.9 Å². The molecule has 1 aliphatic rings. The number of imide groups is 2. The van der Waals surface area contributed by atoms with E-state index in [1.165, 1.54) is 6.08 Å². The summed E-state index contributed by atoms with van der Waals surface area (Å²) in [5.74, 6) is -3.30. The molecule has 0 unspecified atom stereocenters. The summed E-state index contributed by atoms with van der Waals surface area (Å²) in [4.78, 5) is 49.1. The molecule has 0 atom stereocenters. The van der Waals surface area contributed by atoms with Crippen molar-refractivity contribution >= 4 is 29.4 Å². The van der Waals surface area contributed by atoms with Crippen molar-refractivity contribution < 1.29 is 37.1 Å². The van der Waals surface area contributed by atoms with Crippen LogP contribution in [0.1, 0.15) is 18.9 Å². The Labute approximate surface area is 163 Å². The van der Waals surface area contributed by atoms with E-state index in [0.29, 0.717) is 22.3 Å². The van der Waals surface area contributed by atoms with Crippen LogP contribution < -0.4 is 10.1 Å². The number of benzene rings is 1. The van der Waals surface area contributed by atoms with Gasteiger partial charge in [-0.25, -0.2) is 9.69 Å². The first-order valence-electron chi connectivity index (χ1n) is 8.52. The quantitative estimate of drug-likeness (QED) is 0.401. The van der Waals surface area contributed by atoms with E-state index in [-0.39, 0.29) is 24.6 Å². The summed E-state index contributed by atoms with van der Waals surface area (Å²) in [5, 5.41) is 2.20. The Morgan fingerprint density at radius 2 is 1.86 bits per heavy atom. The number of ether oxygens (including phenoxy) is 1. The summed E-state index contributed by atoms with van der Waals surface area (Å²) in [6.45, 7) is 4.28. The fourth-order valence-electron chi connectivity index (χ4n) is 2.46. The van der Waals surface area contributed by atoms with E-state index >= 15 is 0 Å². The number of alkyl halides is 3. The van der Waals surface area contributed by atoms with Crippen LogP contribution in [-0.4, -0.2) is 53.2 Å². The Kier molecular flexibility index (Phi) is 6.62. The number of amides is 5. The second-order valence-electron chi connectivity index (χ2n) is 5.98. The van der Waals surface area contributed by atoms with Gasteiger partial charge in [0.2, 0.25) is 5.91 Å². The summed E-state index contributed by atoms with van der Waals surface area (Å²) in [5.41, 5.74) is -1.29. The molecule has 1 aromatic carbocycles. The number of nitrogens with one attached hydrogen (secondary N) is 1. The predicted octanol–water partition coefficient (Wildman–Crippen LogP) is 2.41. The Balaban J connectivity index is 2.21. The van der Waals surface area contributed by atoms with Gasteiger partial charge in [0.1, 0.15) is 12.3 Å². The summed E-state index contributed by atoms with van der Waals surface area (Å²) in [6.07, 6.45) is -2.85. The van der Waals surface area contributed by atoms with Crippen molar-refractivity contribution in [2.45, 2.75) is 19.5 Å². The first-order chi connectivity index (χ1) is 13.6. The smallest absolute Gasteiger partial charge is 0.416 e. The number of hydrogen-bond acceptors (Lipinski definition) is 5. The lowest BCUT2D eigenvalue weighted by molar-refractivity contribution is -0.143. The molecule has 1 heterocycles. The van der Waals surface area contributed by atoms with E-state index in [4.69, 9.17) is 4.74 Å². The van der Waals surface area contributed by atoms with Crippen LogP contribution in [0, 0.1) is 0 Å². The zero-order valence-electron chi connectivity index (χ0n) is 15.4. The third kappa shape index (κ3) is 4.92. The molecule has 1 saturated heterocycles. The number of anilines is 1. The normalized spacial score (nSPS) is 14.4. The number of carbonyl (C=O) groups is 4. The van der Waals surface area contributed by atoms with E-state index in [2.05, 4.69) is 11.9 Å². The third-order valence-electron chi connectivity index (χ3n) is 3.79. The highest BCUT2D eigenvalue weighted by atomic mass is 19.4. The minimum atomic E-state index is -4.65. The zero-order chi connectivity index (χ0) is 21.8. The molecule has 0 spiro atoms. The Morgan fingerprint density at radius 1 is 1.21 bits per heavy atom. The van der Waals surface area contributed by atoms with Gasteiger partial charge < -0.3 is 10.1 Å². The Hall–Kier alpha value is -3.37. The lowest BCUT2D eigenvalue weighted by Gasteiger charge is -2.17. The average molecular weight is 413 g/mol. The molecule has 1 fully saturated rings. The number of hydrogen-bond donors (Lipinski definition) is 1. The maximum absolute atomic E-state index is 13.0. The second-order valence-corrected chi connectivity index (χ2v) is 5.98. The van der Waals surface area contributed by atoms with Crippen LogP contribution in [0.2, 0.25) is 0 Å². The van der Waals surface area contributed by atoms with Gasteiger partial charge in [-0.15, -0.1) is 6.58 Å². The molecule has 1 N–H and O–H groups in total. The van der Waals surface area contributed by atoms with Crippen molar-refractivity contribution in [2.24, 2.45) is 0 Å². The van der Waals surface area contributed by atoms with Gasteiger partial charge in [-0.05, 0) is 24.6 Å². The molecule has 1 aromatic rings. The number of halogens is 3. The molecule has 0 saturated carbocycles. The second kappa shape index (κ2) is 8.76. The Morgan fingerprint density at radius 3 is 2.45 bits per heavy atom. The van der Waals surface area contributed by atoms with Crippen LogP contribution in [0.3, 0.4) is 0 Å². The monoisotopic (exact) mass is 413 g/mol. The van der Waals surface area contributed by atoms with Crippen molar-refractivity contribution in [3.63, 3.8) is 0 Å². The molecular formula is C18H18F3N3O5. The van der Waals surface area contributed by atoms with Crippen molar-refractivity contribution in [1.29, 1.82) is 0 Å². The first-order valence-corrected chi connectivity index (χ1v) is 8.52. The molecule has 8 nitrogen and oxygen atoms in total. The maximum atomic E-state index is 13.0. The highest BCUT2D eigenvalue weighted by Crippen LogP contribution is 2.35. The van der Waals surface area contributed by atoms with E-state index < -0.39 is 42.0 Å². The molecule has 5 amide bonds. The van der Waals surface area contributed by atoms with Crippen LogP contribution >= 0.6 is 0 Å². The van der Waals surface area contributed by atoms with Crippen molar-refractivity contribution in [1.82, 2.24) is 9.80 Å². The largest absolute Gasteiger partial charge is 0.491 e. The average Bonchev–Trinajstić information content (AvgIpc) is 2.84. The van der Waals surface area contributed by atoms with Gasteiger partial charge in [-0.2, -0.15) is 13.2 Å². The van der Waals surface area contributed by atoms with E-state index in [0.717, 1.165) is 12.1 Å². The molecular weight excluding hydrogens is 395 g/mol. The third-order valence-corrected chi connectivity index (χ3v) is 3.79. The van der Waals surface area contributed by atoms with Crippen LogP contribution in [-0.2, 0) is 20.6 Å². The molecule has 0 bridgehead atoms. The minimum absolute atomic E-state index is 0.00312. The fraction of sp³-hybridized carbons (Fsp3) is 0.333. The zero-order valence-corrected chi connectivity index (χ0v) is 15.4. The summed E-state index contributed by atoms with van der Waals surface area (Å²) >= 11 is 0. The van der Waals surface area contributed by atoms with Crippen molar-refractivity contribution in [3.05, 3.63) is 36.4 Å². The van der Waals surface area contributed by atoms with Gasteiger partial charge in [0.25, 0.3) is 0 Å².